The maximum absolute atomic E-state index is 5.42. The molecule has 0 aromatic carbocycles. The first kappa shape index (κ1) is 8.09. The Balaban J connectivity index is 1.81. The van der Waals surface area contributed by atoms with Crippen LogP contribution in [-0.4, -0.2) is 11.8 Å². The fourth-order valence-electron chi connectivity index (χ4n) is 1.76. The van der Waals surface area contributed by atoms with E-state index in [2.05, 4.69) is 12.1 Å². The zero-order valence-electron chi connectivity index (χ0n) is 7.75. The second-order valence-electron chi connectivity index (χ2n) is 4.03. The molecule has 1 atom stereocenters. The van der Waals surface area contributed by atoms with Crippen molar-refractivity contribution in [2.45, 2.75) is 51.6 Å². The third-order valence-electron chi connectivity index (χ3n) is 3.01. The number of hydrogen-bond donors (Lipinski definition) is 0. The van der Waals surface area contributed by atoms with Crippen molar-refractivity contribution in [3.8, 4) is 0 Å². The van der Waals surface area contributed by atoms with Crippen molar-refractivity contribution >= 4 is 5.71 Å². The molecule has 2 aliphatic carbocycles. The van der Waals surface area contributed by atoms with Gasteiger partial charge in [-0.05, 0) is 44.4 Å². The Kier molecular flexibility index (Phi) is 2.33. The fourth-order valence-corrected chi connectivity index (χ4v) is 1.76. The first-order valence-corrected chi connectivity index (χ1v) is 5.09. The molecule has 1 unspecified atom stereocenters. The molecule has 2 aliphatic rings. The van der Waals surface area contributed by atoms with E-state index in [1.54, 1.807) is 0 Å². The molecule has 2 saturated carbocycles. The van der Waals surface area contributed by atoms with Gasteiger partial charge in [-0.2, -0.15) is 0 Å². The molecule has 0 aliphatic heterocycles. The molecular weight excluding hydrogens is 150 g/mol. The van der Waals surface area contributed by atoms with Crippen LogP contribution in [0.5, 0.6) is 0 Å². The number of hydrogen-bond acceptors (Lipinski definition) is 2. The summed E-state index contributed by atoms with van der Waals surface area (Å²) >= 11 is 0. The molecule has 2 nitrogen and oxygen atoms in total. The molecule has 2 heteroatoms. The van der Waals surface area contributed by atoms with Crippen LogP contribution in [0.3, 0.4) is 0 Å². The molecule has 0 radical (unpaired) electrons. The summed E-state index contributed by atoms with van der Waals surface area (Å²) in [6.45, 7) is 2.25. The van der Waals surface area contributed by atoms with Crippen molar-refractivity contribution in [1.82, 2.24) is 0 Å². The van der Waals surface area contributed by atoms with E-state index in [-0.39, 0.29) is 0 Å². The van der Waals surface area contributed by atoms with Gasteiger partial charge in [0.2, 0.25) is 0 Å². The van der Waals surface area contributed by atoms with Gasteiger partial charge in [0.1, 0.15) is 6.10 Å². The van der Waals surface area contributed by atoms with E-state index in [1.165, 1.54) is 37.8 Å². The second-order valence-corrected chi connectivity index (χ2v) is 4.03. The molecular formula is C10H17NO. The summed E-state index contributed by atoms with van der Waals surface area (Å²) in [6.07, 6.45) is 7.96. The highest BCUT2D eigenvalue weighted by Crippen LogP contribution is 2.25. The first-order chi connectivity index (χ1) is 5.86. The minimum absolute atomic E-state index is 0.449. The summed E-state index contributed by atoms with van der Waals surface area (Å²) in [4.78, 5) is 5.42. The average Bonchev–Trinajstić information content (AvgIpc) is 2.33. The Hall–Kier alpha value is -0.530. The Labute approximate surface area is 74.0 Å². The van der Waals surface area contributed by atoms with Crippen molar-refractivity contribution in [3.63, 3.8) is 0 Å². The third-order valence-corrected chi connectivity index (χ3v) is 3.01. The lowest BCUT2D eigenvalue weighted by Crippen LogP contribution is -2.20. The summed E-state index contributed by atoms with van der Waals surface area (Å²) in [6, 6.07) is 0. The largest absolute Gasteiger partial charge is 0.393 e. The van der Waals surface area contributed by atoms with Crippen molar-refractivity contribution in [2.24, 2.45) is 11.1 Å². The number of rotatable bonds is 2. The molecule has 68 valence electrons. The zero-order valence-corrected chi connectivity index (χ0v) is 7.75. The van der Waals surface area contributed by atoms with Crippen LogP contribution in [0.25, 0.3) is 0 Å². The Morgan fingerprint density at radius 2 is 2.08 bits per heavy atom. The van der Waals surface area contributed by atoms with Gasteiger partial charge in [-0.25, -0.2) is 0 Å². The van der Waals surface area contributed by atoms with Crippen molar-refractivity contribution in [3.05, 3.63) is 0 Å². The van der Waals surface area contributed by atoms with E-state index >= 15 is 0 Å². The number of nitrogens with zero attached hydrogens (tertiary/aromatic N) is 1. The molecule has 0 saturated heterocycles. The smallest absolute Gasteiger partial charge is 0.127 e. The Morgan fingerprint density at radius 1 is 1.25 bits per heavy atom. The fraction of sp³-hybridized carbons (Fsp3) is 0.900. The van der Waals surface area contributed by atoms with Crippen LogP contribution in [0.15, 0.2) is 5.16 Å². The summed E-state index contributed by atoms with van der Waals surface area (Å²) in [7, 11) is 0. The van der Waals surface area contributed by atoms with E-state index < -0.39 is 0 Å². The van der Waals surface area contributed by atoms with Crippen molar-refractivity contribution in [2.75, 3.05) is 0 Å². The van der Waals surface area contributed by atoms with Gasteiger partial charge in [0, 0.05) is 0 Å². The maximum atomic E-state index is 5.42. The minimum atomic E-state index is 0.449. The van der Waals surface area contributed by atoms with Gasteiger partial charge < -0.3 is 4.84 Å². The lowest BCUT2D eigenvalue weighted by atomic mass is 9.97. The van der Waals surface area contributed by atoms with E-state index in [0.717, 1.165) is 6.42 Å². The first-order valence-electron chi connectivity index (χ1n) is 5.09. The predicted molar refractivity (Wildman–Crippen MR) is 49.2 cm³/mol. The monoisotopic (exact) mass is 167 g/mol. The Morgan fingerprint density at radius 3 is 2.58 bits per heavy atom. The van der Waals surface area contributed by atoms with Gasteiger partial charge in [-0.1, -0.05) is 12.1 Å². The Bertz CT molecular complexity index is 184. The highest BCUT2D eigenvalue weighted by atomic mass is 16.6. The van der Waals surface area contributed by atoms with Crippen LogP contribution >= 0.6 is 0 Å². The topological polar surface area (TPSA) is 21.6 Å². The van der Waals surface area contributed by atoms with Gasteiger partial charge in [0.15, 0.2) is 0 Å². The average molecular weight is 167 g/mol. The van der Waals surface area contributed by atoms with E-state index in [1.807, 2.05) is 0 Å². The predicted octanol–water partition coefficient (Wildman–Crippen LogP) is 2.73. The molecule has 0 N–H and O–H groups in total. The summed E-state index contributed by atoms with van der Waals surface area (Å²) in [5.41, 5.74) is 1.29. The number of oxime groups is 1. The van der Waals surface area contributed by atoms with Crippen molar-refractivity contribution < 1.29 is 4.84 Å². The van der Waals surface area contributed by atoms with Crippen LogP contribution < -0.4 is 0 Å². The molecule has 12 heavy (non-hydrogen) atoms. The van der Waals surface area contributed by atoms with Crippen LogP contribution in [0, 0.1) is 5.92 Å². The molecule has 0 heterocycles. The third kappa shape index (κ3) is 1.62. The highest BCUT2D eigenvalue weighted by Gasteiger charge is 2.22. The SMILES string of the molecule is CC1CCC/C1=N\OC1CCC1. The van der Waals surface area contributed by atoms with Crippen molar-refractivity contribution in [1.29, 1.82) is 0 Å². The van der Waals surface area contributed by atoms with Gasteiger partial charge in [0.25, 0.3) is 0 Å². The van der Waals surface area contributed by atoms with Gasteiger partial charge in [0.05, 0.1) is 5.71 Å². The van der Waals surface area contributed by atoms with E-state index in [0.29, 0.717) is 12.0 Å². The van der Waals surface area contributed by atoms with Crippen LogP contribution in [0.4, 0.5) is 0 Å². The quantitative estimate of drug-likeness (QED) is 0.579. The van der Waals surface area contributed by atoms with Gasteiger partial charge in [-0.3, -0.25) is 0 Å². The highest BCUT2D eigenvalue weighted by molar-refractivity contribution is 5.87. The summed E-state index contributed by atoms with van der Waals surface area (Å²) < 4.78 is 0. The van der Waals surface area contributed by atoms with Crippen LogP contribution in [-0.2, 0) is 4.84 Å². The summed E-state index contributed by atoms with van der Waals surface area (Å²) in [5, 5.41) is 4.24. The zero-order chi connectivity index (χ0) is 8.39. The normalized spacial score (nSPS) is 33.8. The molecule has 0 spiro atoms. The lowest BCUT2D eigenvalue weighted by Gasteiger charge is -2.23. The van der Waals surface area contributed by atoms with Gasteiger partial charge in [-0.15, -0.1) is 0 Å². The second kappa shape index (κ2) is 3.46. The minimum Gasteiger partial charge on any atom is -0.393 e. The standard InChI is InChI=1S/C10H17NO/c1-8-4-2-7-10(8)11-12-9-5-3-6-9/h8-9H,2-7H2,1H3/b11-10+. The van der Waals surface area contributed by atoms with Gasteiger partial charge >= 0.3 is 0 Å². The van der Waals surface area contributed by atoms with Crippen LogP contribution in [0.1, 0.15) is 45.4 Å². The molecule has 2 fully saturated rings. The lowest BCUT2D eigenvalue weighted by molar-refractivity contribution is 0.00521. The molecule has 0 aromatic heterocycles. The molecule has 0 amide bonds. The van der Waals surface area contributed by atoms with E-state index in [4.69, 9.17) is 4.84 Å². The molecule has 0 aromatic rings. The van der Waals surface area contributed by atoms with E-state index in [9.17, 15) is 0 Å². The van der Waals surface area contributed by atoms with Crippen LogP contribution in [0.2, 0.25) is 0 Å². The summed E-state index contributed by atoms with van der Waals surface area (Å²) in [5.74, 6) is 0.671. The maximum Gasteiger partial charge on any atom is 0.127 e. The molecule has 2 rings (SSSR count). The molecule has 0 bridgehead atoms.